The molecule has 1 N–H and O–H groups in total. The van der Waals surface area contributed by atoms with Crippen molar-refractivity contribution in [2.75, 3.05) is 47.6 Å². The summed E-state index contributed by atoms with van der Waals surface area (Å²) in [6.45, 7) is 0.102. The number of esters is 1. The molecule has 0 spiro atoms. The van der Waals surface area contributed by atoms with Crippen molar-refractivity contribution in [3.63, 3.8) is 0 Å². The van der Waals surface area contributed by atoms with Crippen LogP contribution in [-0.4, -0.2) is 98.1 Å². The van der Waals surface area contributed by atoms with Gasteiger partial charge in [0.15, 0.2) is 0 Å². The van der Waals surface area contributed by atoms with E-state index in [1.54, 1.807) is 49.7 Å². The van der Waals surface area contributed by atoms with Crippen LogP contribution in [0.25, 0.3) is 0 Å². The highest BCUT2D eigenvalue weighted by atomic mass is 16.5. The summed E-state index contributed by atoms with van der Waals surface area (Å²) < 4.78 is 15.0. The number of amides is 3. The predicted octanol–water partition coefficient (Wildman–Crippen LogP) is 0.290. The number of nitrogens with one attached hydrogen (secondary N) is 1. The van der Waals surface area contributed by atoms with Crippen LogP contribution in [0.1, 0.15) is 15.9 Å². The van der Waals surface area contributed by atoms with Gasteiger partial charge < -0.3 is 29.3 Å². The lowest BCUT2D eigenvalue weighted by molar-refractivity contribution is -0.149. The molecule has 0 bridgehead atoms. The number of piperazine rings is 1. The number of carbonyl (C=O) groups excluding carboxylic acids is 4. The van der Waals surface area contributed by atoms with Crippen molar-refractivity contribution in [2.45, 2.75) is 18.5 Å². The topological polar surface area (TPSA) is 127 Å². The molecule has 1 aromatic carbocycles. The first-order chi connectivity index (χ1) is 17.4. The Labute approximate surface area is 209 Å². The number of benzene rings is 1. The maximum absolute atomic E-state index is 13.4. The maximum Gasteiger partial charge on any atom is 0.328 e. The third kappa shape index (κ3) is 6.57. The van der Waals surface area contributed by atoms with Crippen LogP contribution in [0.3, 0.4) is 0 Å². The minimum atomic E-state index is -1.02. The van der Waals surface area contributed by atoms with E-state index in [9.17, 15) is 19.2 Å². The van der Waals surface area contributed by atoms with E-state index in [0.29, 0.717) is 11.3 Å². The zero-order chi connectivity index (χ0) is 26.1. The molecular weight excluding hydrogens is 468 g/mol. The molecule has 1 aliphatic heterocycles. The SMILES string of the molecule is COCC(=O)N1CCN(C(=O)c2cccnc2)CC1C(=O)NC(Cc1ccc(OC)cc1)C(=O)OC. The van der Waals surface area contributed by atoms with Crippen molar-refractivity contribution < 1.29 is 33.4 Å². The zero-order valence-corrected chi connectivity index (χ0v) is 20.5. The van der Waals surface area contributed by atoms with Crippen LogP contribution in [0, 0.1) is 0 Å². The number of hydrogen-bond donors (Lipinski definition) is 1. The van der Waals surface area contributed by atoms with Gasteiger partial charge >= 0.3 is 5.97 Å². The van der Waals surface area contributed by atoms with E-state index < -0.39 is 29.9 Å². The molecule has 2 unspecified atom stereocenters. The molecule has 192 valence electrons. The van der Waals surface area contributed by atoms with E-state index in [-0.39, 0.29) is 38.6 Å². The number of methoxy groups -OCH3 is 3. The molecule has 3 rings (SSSR count). The molecule has 0 saturated carbocycles. The molecule has 1 aliphatic rings. The van der Waals surface area contributed by atoms with E-state index in [1.165, 1.54) is 30.2 Å². The van der Waals surface area contributed by atoms with Crippen LogP contribution in [0.4, 0.5) is 0 Å². The van der Waals surface area contributed by atoms with Crippen molar-refractivity contribution in [2.24, 2.45) is 0 Å². The van der Waals surface area contributed by atoms with E-state index in [2.05, 4.69) is 10.3 Å². The Morgan fingerprint density at radius 2 is 1.83 bits per heavy atom. The summed E-state index contributed by atoms with van der Waals surface area (Å²) in [4.78, 5) is 58.4. The standard InChI is InChI=1S/C25H30N4O7/c1-34-16-22(30)29-12-11-28(24(32)18-5-4-10-26-14-18)15-21(29)23(31)27-20(25(33)36-3)13-17-6-8-19(35-2)9-7-17/h4-10,14,20-21H,11-13,15-16H2,1-3H3,(H,27,31). The number of nitrogens with zero attached hydrogens (tertiary/aromatic N) is 3. The number of aromatic nitrogens is 1. The minimum absolute atomic E-state index is 0.0502. The second-order valence-corrected chi connectivity index (χ2v) is 8.17. The smallest absolute Gasteiger partial charge is 0.328 e. The summed E-state index contributed by atoms with van der Waals surface area (Å²) in [7, 11) is 4.17. The average Bonchev–Trinajstić information content (AvgIpc) is 2.92. The van der Waals surface area contributed by atoms with Gasteiger partial charge in [-0.1, -0.05) is 12.1 Å². The number of pyridine rings is 1. The normalized spacial score (nSPS) is 16.1. The quantitative estimate of drug-likeness (QED) is 0.489. The summed E-state index contributed by atoms with van der Waals surface area (Å²) in [6, 6.07) is 8.32. The Hall–Kier alpha value is -3.99. The van der Waals surface area contributed by atoms with Crippen molar-refractivity contribution in [3.05, 3.63) is 59.9 Å². The van der Waals surface area contributed by atoms with Crippen molar-refractivity contribution in [3.8, 4) is 5.75 Å². The zero-order valence-electron chi connectivity index (χ0n) is 20.5. The Balaban J connectivity index is 1.80. The fourth-order valence-electron chi connectivity index (χ4n) is 3.97. The lowest BCUT2D eigenvalue weighted by Gasteiger charge is -2.40. The molecule has 0 aliphatic carbocycles. The van der Waals surface area contributed by atoms with Gasteiger partial charge in [-0.2, -0.15) is 0 Å². The van der Waals surface area contributed by atoms with E-state index in [0.717, 1.165) is 5.56 Å². The summed E-state index contributed by atoms with van der Waals surface area (Å²) in [5, 5.41) is 2.71. The van der Waals surface area contributed by atoms with Crippen LogP contribution >= 0.6 is 0 Å². The summed E-state index contributed by atoms with van der Waals surface area (Å²) in [5.41, 5.74) is 1.15. The molecule has 3 amide bonds. The molecule has 2 atom stereocenters. The monoisotopic (exact) mass is 498 g/mol. The molecule has 1 saturated heterocycles. The molecular formula is C25H30N4O7. The number of rotatable bonds is 9. The van der Waals surface area contributed by atoms with E-state index in [4.69, 9.17) is 14.2 Å². The largest absolute Gasteiger partial charge is 0.497 e. The van der Waals surface area contributed by atoms with E-state index >= 15 is 0 Å². The molecule has 36 heavy (non-hydrogen) atoms. The van der Waals surface area contributed by atoms with Gasteiger partial charge in [-0.05, 0) is 29.8 Å². The second kappa shape index (κ2) is 12.6. The highest BCUT2D eigenvalue weighted by Crippen LogP contribution is 2.16. The van der Waals surface area contributed by atoms with Crippen molar-refractivity contribution in [1.82, 2.24) is 20.1 Å². The van der Waals surface area contributed by atoms with Gasteiger partial charge in [0, 0.05) is 39.0 Å². The Morgan fingerprint density at radius 1 is 1.08 bits per heavy atom. The molecule has 2 aromatic rings. The fourth-order valence-corrected chi connectivity index (χ4v) is 3.97. The van der Waals surface area contributed by atoms with Gasteiger partial charge in [0.2, 0.25) is 11.8 Å². The second-order valence-electron chi connectivity index (χ2n) is 8.17. The lowest BCUT2D eigenvalue weighted by Crippen LogP contribution is -2.63. The molecule has 1 fully saturated rings. The van der Waals surface area contributed by atoms with Crippen LogP contribution < -0.4 is 10.1 Å². The van der Waals surface area contributed by atoms with Gasteiger partial charge in [0.1, 0.15) is 24.4 Å². The highest BCUT2D eigenvalue weighted by Gasteiger charge is 2.38. The summed E-state index contributed by atoms with van der Waals surface area (Å²) >= 11 is 0. The number of carbonyl (C=O) groups is 4. The molecule has 0 radical (unpaired) electrons. The van der Waals surface area contributed by atoms with Crippen molar-refractivity contribution >= 4 is 23.7 Å². The van der Waals surface area contributed by atoms with Crippen molar-refractivity contribution in [1.29, 1.82) is 0 Å². The van der Waals surface area contributed by atoms with Gasteiger partial charge in [0.25, 0.3) is 5.91 Å². The minimum Gasteiger partial charge on any atom is -0.497 e. The molecule has 11 heteroatoms. The predicted molar refractivity (Wildman–Crippen MR) is 128 cm³/mol. The first kappa shape index (κ1) is 26.6. The average molecular weight is 499 g/mol. The van der Waals surface area contributed by atoms with Crippen LogP contribution in [0.5, 0.6) is 5.75 Å². The third-order valence-electron chi connectivity index (χ3n) is 5.87. The number of ether oxygens (including phenoxy) is 3. The molecule has 1 aromatic heterocycles. The molecule has 2 heterocycles. The van der Waals surface area contributed by atoms with Gasteiger partial charge in [-0.3, -0.25) is 19.4 Å². The number of hydrogen-bond acceptors (Lipinski definition) is 8. The van der Waals surface area contributed by atoms with E-state index in [1.807, 2.05) is 0 Å². The Kier molecular flexibility index (Phi) is 9.34. The summed E-state index contributed by atoms with van der Waals surface area (Å²) in [5.74, 6) is -1.25. The lowest BCUT2D eigenvalue weighted by atomic mass is 10.0. The first-order valence-electron chi connectivity index (χ1n) is 11.4. The van der Waals surface area contributed by atoms with Crippen LogP contribution in [-0.2, 0) is 30.3 Å². The summed E-state index contributed by atoms with van der Waals surface area (Å²) in [6.07, 6.45) is 3.17. The fraction of sp³-hybridized carbons (Fsp3) is 0.400. The van der Waals surface area contributed by atoms with Crippen LogP contribution in [0.2, 0.25) is 0 Å². The van der Waals surface area contributed by atoms with Gasteiger partial charge in [0.05, 0.1) is 26.3 Å². The highest BCUT2D eigenvalue weighted by molar-refractivity contribution is 5.96. The Bertz CT molecular complexity index is 1060. The first-order valence-corrected chi connectivity index (χ1v) is 11.4. The van der Waals surface area contributed by atoms with Crippen LogP contribution in [0.15, 0.2) is 48.8 Å². The van der Waals surface area contributed by atoms with Gasteiger partial charge in [-0.25, -0.2) is 4.79 Å². The molecule has 11 nitrogen and oxygen atoms in total. The third-order valence-corrected chi connectivity index (χ3v) is 5.87. The van der Waals surface area contributed by atoms with Gasteiger partial charge in [-0.15, -0.1) is 0 Å². The maximum atomic E-state index is 13.4. The Morgan fingerprint density at radius 3 is 2.44 bits per heavy atom.